The Morgan fingerprint density at radius 1 is 1.24 bits per heavy atom. The molecule has 120 valence electrons. The topological polar surface area (TPSA) is 50.2 Å². The van der Waals surface area contributed by atoms with Crippen molar-refractivity contribution in [1.82, 2.24) is 20.0 Å². The Kier molecular flexibility index (Phi) is 7.49. The van der Waals surface area contributed by atoms with Crippen LogP contribution in [0.3, 0.4) is 0 Å². The lowest BCUT2D eigenvalue weighted by Crippen LogP contribution is -2.47. The van der Waals surface area contributed by atoms with Crippen molar-refractivity contribution >= 4 is 30.7 Å². The third kappa shape index (κ3) is 4.59. The van der Waals surface area contributed by atoms with Gasteiger partial charge in [0, 0.05) is 32.0 Å². The summed E-state index contributed by atoms with van der Waals surface area (Å²) in [5, 5.41) is 7.55. The molecule has 2 aliphatic rings. The zero-order valence-electron chi connectivity index (χ0n) is 12.1. The zero-order valence-corrected chi connectivity index (χ0v) is 13.7. The maximum absolute atomic E-state index is 12.3. The molecular formula is C14H24Cl2N4O. The van der Waals surface area contributed by atoms with Crippen molar-refractivity contribution < 1.29 is 4.79 Å². The summed E-state index contributed by atoms with van der Waals surface area (Å²) in [4.78, 5) is 14.3. The van der Waals surface area contributed by atoms with Crippen molar-refractivity contribution in [2.24, 2.45) is 5.92 Å². The molecule has 3 heterocycles. The zero-order chi connectivity index (χ0) is 13.1. The van der Waals surface area contributed by atoms with Crippen molar-refractivity contribution in [2.45, 2.75) is 38.3 Å². The Morgan fingerprint density at radius 2 is 2.00 bits per heavy atom. The molecule has 7 heteroatoms. The van der Waals surface area contributed by atoms with Crippen LogP contribution in [-0.4, -0.2) is 46.3 Å². The fraction of sp³-hybridized carbons (Fsp3) is 0.714. The molecule has 0 saturated carbocycles. The average molecular weight is 335 g/mol. The number of nitrogens with one attached hydrogen (secondary N) is 1. The Labute approximate surface area is 138 Å². The van der Waals surface area contributed by atoms with Crippen LogP contribution in [0.15, 0.2) is 18.5 Å². The number of halogens is 2. The van der Waals surface area contributed by atoms with Gasteiger partial charge in [-0.3, -0.25) is 9.48 Å². The van der Waals surface area contributed by atoms with Gasteiger partial charge in [0.2, 0.25) is 5.91 Å². The van der Waals surface area contributed by atoms with E-state index in [-0.39, 0.29) is 30.9 Å². The molecule has 2 aliphatic heterocycles. The van der Waals surface area contributed by atoms with E-state index in [0.29, 0.717) is 11.8 Å². The number of piperidine rings is 1. The van der Waals surface area contributed by atoms with Crippen LogP contribution in [-0.2, 0) is 11.3 Å². The molecule has 0 aliphatic carbocycles. The molecule has 0 bridgehead atoms. The van der Waals surface area contributed by atoms with Gasteiger partial charge in [-0.2, -0.15) is 5.10 Å². The number of hydrogen-bond donors (Lipinski definition) is 1. The maximum Gasteiger partial charge on any atom is 0.239 e. The van der Waals surface area contributed by atoms with E-state index in [1.165, 1.54) is 0 Å². The highest BCUT2D eigenvalue weighted by Crippen LogP contribution is 2.20. The second kappa shape index (κ2) is 8.61. The Morgan fingerprint density at radius 3 is 2.57 bits per heavy atom. The average Bonchev–Trinajstić information content (AvgIpc) is 3.12. The summed E-state index contributed by atoms with van der Waals surface area (Å²) >= 11 is 0. The maximum atomic E-state index is 12.3. The summed E-state index contributed by atoms with van der Waals surface area (Å²) in [5.74, 6) is 0.968. The SMILES string of the molecule is Cl.Cl.O=C(C1CCCN1)N1CCC(Cn2cccn2)CC1. The number of aromatic nitrogens is 2. The number of amides is 1. The summed E-state index contributed by atoms with van der Waals surface area (Å²) in [6.45, 7) is 3.79. The van der Waals surface area contributed by atoms with E-state index >= 15 is 0 Å². The van der Waals surface area contributed by atoms with Crippen molar-refractivity contribution in [3.63, 3.8) is 0 Å². The van der Waals surface area contributed by atoms with Crippen molar-refractivity contribution in [2.75, 3.05) is 19.6 Å². The van der Waals surface area contributed by atoms with Crippen LogP contribution in [0, 0.1) is 5.92 Å². The first-order chi connectivity index (χ1) is 9.33. The van der Waals surface area contributed by atoms with Crippen molar-refractivity contribution in [3.05, 3.63) is 18.5 Å². The van der Waals surface area contributed by atoms with E-state index in [1.807, 2.05) is 28.0 Å². The molecule has 1 aromatic rings. The van der Waals surface area contributed by atoms with E-state index in [1.54, 1.807) is 0 Å². The number of hydrogen-bond acceptors (Lipinski definition) is 3. The van der Waals surface area contributed by atoms with Gasteiger partial charge < -0.3 is 10.2 Å². The fourth-order valence-corrected chi connectivity index (χ4v) is 3.12. The molecule has 21 heavy (non-hydrogen) atoms. The highest BCUT2D eigenvalue weighted by atomic mass is 35.5. The van der Waals surface area contributed by atoms with Gasteiger partial charge in [0.05, 0.1) is 6.04 Å². The lowest BCUT2D eigenvalue weighted by atomic mass is 9.96. The summed E-state index contributed by atoms with van der Waals surface area (Å²) in [5.41, 5.74) is 0. The van der Waals surface area contributed by atoms with E-state index in [0.717, 1.165) is 51.9 Å². The Hall–Kier alpha value is -0.780. The molecule has 1 atom stereocenters. The molecule has 0 radical (unpaired) electrons. The molecule has 3 rings (SSSR count). The van der Waals surface area contributed by atoms with Gasteiger partial charge in [-0.15, -0.1) is 24.8 Å². The quantitative estimate of drug-likeness (QED) is 0.915. The second-order valence-corrected chi connectivity index (χ2v) is 5.65. The smallest absolute Gasteiger partial charge is 0.239 e. The fourth-order valence-electron chi connectivity index (χ4n) is 3.12. The predicted molar refractivity (Wildman–Crippen MR) is 87.1 cm³/mol. The third-order valence-electron chi connectivity index (χ3n) is 4.29. The van der Waals surface area contributed by atoms with Gasteiger partial charge in [0.15, 0.2) is 0 Å². The van der Waals surface area contributed by atoms with E-state index < -0.39 is 0 Å². The number of nitrogens with zero attached hydrogens (tertiary/aromatic N) is 3. The first-order valence-electron chi connectivity index (χ1n) is 7.32. The molecular weight excluding hydrogens is 311 g/mol. The van der Waals surface area contributed by atoms with Crippen LogP contribution < -0.4 is 5.32 Å². The molecule has 1 amide bonds. The van der Waals surface area contributed by atoms with Gasteiger partial charge >= 0.3 is 0 Å². The van der Waals surface area contributed by atoms with E-state index in [9.17, 15) is 4.79 Å². The molecule has 0 aromatic carbocycles. The normalized spacial score (nSPS) is 22.5. The lowest BCUT2D eigenvalue weighted by Gasteiger charge is -2.33. The van der Waals surface area contributed by atoms with Crippen LogP contribution in [0.4, 0.5) is 0 Å². The van der Waals surface area contributed by atoms with E-state index in [4.69, 9.17) is 0 Å². The van der Waals surface area contributed by atoms with Crippen molar-refractivity contribution in [3.8, 4) is 0 Å². The van der Waals surface area contributed by atoms with Gasteiger partial charge in [-0.25, -0.2) is 0 Å². The lowest BCUT2D eigenvalue weighted by molar-refractivity contribution is -0.134. The minimum atomic E-state index is 0. The minimum absolute atomic E-state index is 0. The number of carbonyl (C=O) groups is 1. The van der Waals surface area contributed by atoms with Crippen LogP contribution in [0.1, 0.15) is 25.7 Å². The molecule has 1 aromatic heterocycles. The van der Waals surface area contributed by atoms with E-state index in [2.05, 4.69) is 10.4 Å². The van der Waals surface area contributed by atoms with Gasteiger partial charge in [0.25, 0.3) is 0 Å². The second-order valence-electron chi connectivity index (χ2n) is 5.65. The monoisotopic (exact) mass is 334 g/mol. The molecule has 0 spiro atoms. The summed E-state index contributed by atoms with van der Waals surface area (Å²) in [6, 6.07) is 2.05. The van der Waals surface area contributed by atoms with Crippen LogP contribution >= 0.6 is 24.8 Å². The van der Waals surface area contributed by atoms with Crippen LogP contribution in [0.25, 0.3) is 0 Å². The first-order valence-corrected chi connectivity index (χ1v) is 7.32. The molecule has 2 saturated heterocycles. The van der Waals surface area contributed by atoms with Gasteiger partial charge in [0.1, 0.15) is 0 Å². The number of likely N-dealkylation sites (tertiary alicyclic amines) is 1. The first kappa shape index (κ1) is 18.3. The molecule has 1 unspecified atom stereocenters. The number of rotatable bonds is 3. The Bertz CT molecular complexity index is 413. The Balaban J connectivity index is 0.00000110. The standard InChI is InChI=1S/C14H22N4O.2ClH/c19-14(13-3-1-6-15-13)17-9-4-12(5-10-17)11-18-8-2-7-16-18;;/h2,7-8,12-13,15H,1,3-6,9-11H2;2*1H. The summed E-state index contributed by atoms with van der Waals surface area (Å²) in [6.07, 6.45) is 8.17. The third-order valence-corrected chi connectivity index (χ3v) is 4.29. The summed E-state index contributed by atoms with van der Waals surface area (Å²) < 4.78 is 2.00. The van der Waals surface area contributed by atoms with Gasteiger partial charge in [-0.1, -0.05) is 0 Å². The molecule has 5 nitrogen and oxygen atoms in total. The highest BCUT2D eigenvalue weighted by molar-refractivity contribution is 5.85. The highest BCUT2D eigenvalue weighted by Gasteiger charge is 2.29. The summed E-state index contributed by atoms with van der Waals surface area (Å²) in [7, 11) is 0. The largest absolute Gasteiger partial charge is 0.341 e. The van der Waals surface area contributed by atoms with Crippen molar-refractivity contribution in [1.29, 1.82) is 0 Å². The molecule has 2 fully saturated rings. The molecule has 1 N–H and O–H groups in total. The number of carbonyl (C=O) groups excluding carboxylic acids is 1. The minimum Gasteiger partial charge on any atom is -0.341 e. The van der Waals surface area contributed by atoms with Crippen LogP contribution in [0.2, 0.25) is 0 Å². The van der Waals surface area contributed by atoms with Crippen LogP contribution in [0.5, 0.6) is 0 Å². The predicted octanol–water partition coefficient (Wildman–Crippen LogP) is 1.72. The van der Waals surface area contributed by atoms with Gasteiger partial charge in [-0.05, 0) is 44.2 Å².